The molecule has 35 heavy (non-hydrogen) atoms. The first kappa shape index (κ1) is 23.0. The van der Waals surface area contributed by atoms with Gasteiger partial charge in [-0.3, -0.25) is 4.79 Å². The van der Waals surface area contributed by atoms with Gasteiger partial charge in [0.2, 0.25) is 6.79 Å². The number of rotatable bonds is 8. The highest BCUT2D eigenvalue weighted by Crippen LogP contribution is 2.35. The van der Waals surface area contributed by atoms with Crippen molar-refractivity contribution in [3.8, 4) is 11.5 Å². The molecule has 0 amide bonds. The van der Waals surface area contributed by atoms with E-state index in [0.29, 0.717) is 40.8 Å². The van der Waals surface area contributed by atoms with Crippen LogP contribution in [0.5, 0.6) is 11.5 Å². The van der Waals surface area contributed by atoms with Gasteiger partial charge < -0.3 is 29.1 Å². The van der Waals surface area contributed by atoms with Crippen LogP contribution in [0.2, 0.25) is 0 Å². The molecule has 0 aliphatic carbocycles. The predicted molar refractivity (Wildman–Crippen MR) is 140 cm³/mol. The molecule has 2 N–H and O–H groups in total. The van der Waals surface area contributed by atoms with E-state index in [1.54, 1.807) is 12.3 Å². The Morgan fingerprint density at radius 3 is 2.63 bits per heavy atom. The van der Waals surface area contributed by atoms with E-state index in [9.17, 15) is 4.79 Å². The van der Waals surface area contributed by atoms with Gasteiger partial charge in [-0.25, -0.2) is 0 Å². The molecule has 3 heterocycles. The van der Waals surface area contributed by atoms with Crippen molar-refractivity contribution in [2.45, 2.75) is 39.3 Å². The molecular weight excluding hydrogens is 462 g/mol. The highest BCUT2D eigenvalue weighted by molar-refractivity contribution is 7.80. The zero-order valence-corrected chi connectivity index (χ0v) is 20.3. The molecule has 2 aromatic heterocycles. The van der Waals surface area contributed by atoms with Gasteiger partial charge in [0, 0.05) is 22.7 Å². The Labute approximate surface area is 208 Å². The number of nitrogens with one attached hydrogen (secondary N) is 2. The molecule has 5 rings (SSSR count). The summed E-state index contributed by atoms with van der Waals surface area (Å²) in [5.41, 5.74) is 3.31. The Bertz CT molecular complexity index is 1380. The van der Waals surface area contributed by atoms with E-state index in [1.165, 1.54) is 18.4 Å². The Kier molecular flexibility index (Phi) is 6.72. The number of H-pyrrole nitrogens is 1. The van der Waals surface area contributed by atoms with E-state index in [-0.39, 0.29) is 12.4 Å². The largest absolute Gasteiger partial charge is 0.467 e. The number of aryl methyl sites for hydroxylation is 1. The van der Waals surface area contributed by atoms with Crippen molar-refractivity contribution in [1.29, 1.82) is 0 Å². The number of unbranched alkanes of at least 4 members (excludes halogenated alkanes) is 1. The van der Waals surface area contributed by atoms with Gasteiger partial charge in [0.25, 0.3) is 5.56 Å². The fourth-order valence-corrected chi connectivity index (χ4v) is 4.34. The lowest BCUT2D eigenvalue weighted by Gasteiger charge is -2.25. The zero-order valence-electron chi connectivity index (χ0n) is 19.5. The minimum Gasteiger partial charge on any atom is -0.467 e. The topological polar surface area (TPSA) is 79.7 Å². The number of ether oxygens (including phenoxy) is 2. The SMILES string of the molecule is CCCCc1ccc(NC(=S)N(Cc2ccco2)Cc2cc3cc4c(cc3[nH]c2=O)OCO4)cc1. The number of nitrogens with zero attached hydrogens (tertiary/aromatic N) is 1. The number of benzene rings is 2. The van der Waals surface area contributed by atoms with Crippen LogP contribution in [-0.4, -0.2) is 21.8 Å². The molecule has 2 aromatic carbocycles. The lowest BCUT2D eigenvalue weighted by atomic mass is 10.1. The molecule has 1 aliphatic rings. The van der Waals surface area contributed by atoms with Crippen LogP contribution in [0.15, 0.2) is 70.1 Å². The van der Waals surface area contributed by atoms with Gasteiger partial charge in [-0.2, -0.15) is 0 Å². The number of aromatic amines is 1. The van der Waals surface area contributed by atoms with Gasteiger partial charge in [0.1, 0.15) is 5.76 Å². The molecular formula is C27H27N3O4S. The van der Waals surface area contributed by atoms with Gasteiger partial charge in [0.15, 0.2) is 16.6 Å². The first-order valence-electron chi connectivity index (χ1n) is 11.7. The number of hydrogen-bond acceptors (Lipinski definition) is 5. The average Bonchev–Trinajstić information content (AvgIpc) is 3.54. The summed E-state index contributed by atoms with van der Waals surface area (Å²) in [7, 11) is 0. The summed E-state index contributed by atoms with van der Waals surface area (Å²) >= 11 is 5.76. The third kappa shape index (κ3) is 5.33. The Hall–Kier alpha value is -3.78. The summed E-state index contributed by atoms with van der Waals surface area (Å²) in [5.74, 6) is 2.05. The first-order valence-corrected chi connectivity index (χ1v) is 12.1. The van der Waals surface area contributed by atoms with E-state index in [0.717, 1.165) is 23.3 Å². The Morgan fingerprint density at radius 1 is 1.09 bits per heavy atom. The van der Waals surface area contributed by atoms with Crippen LogP contribution in [-0.2, 0) is 19.5 Å². The number of furan rings is 1. The third-order valence-corrected chi connectivity index (χ3v) is 6.37. The lowest BCUT2D eigenvalue weighted by Crippen LogP contribution is -2.35. The second kappa shape index (κ2) is 10.2. The smallest absolute Gasteiger partial charge is 0.253 e. The van der Waals surface area contributed by atoms with Crippen molar-refractivity contribution in [2.75, 3.05) is 12.1 Å². The molecule has 1 aliphatic heterocycles. The molecule has 8 heteroatoms. The predicted octanol–water partition coefficient (Wildman–Crippen LogP) is 5.59. The minimum atomic E-state index is -0.177. The first-order chi connectivity index (χ1) is 17.1. The number of aromatic nitrogens is 1. The summed E-state index contributed by atoms with van der Waals surface area (Å²) in [5, 5.41) is 4.69. The molecule has 0 bridgehead atoms. The monoisotopic (exact) mass is 489 g/mol. The quantitative estimate of drug-likeness (QED) is 0.312. The molecule has 7 nitrogen and oxygen atoms in total. The van der Waals surface area contributed by atoms with Crippen LogP contribution < -0.4 is 20.3 Å². The summed E-state index contributed by atoms with van der Waals surface area (Å²) < 4.78 is 16.5. The van der Waals surface area contributed by atoms with Crippen LogP contribution in [0.25, 0.3) is 10.9 Å². The van der Waals surface area contributed by atoms with Gasteiger partial charge in [0.05, 0.1) is 24.9 Å². The van der Waals surface area contributed by atoms with E-state index < -0.39 is 0 Å². The van der Waals surface area contributed by atoms with Gasteiger partial charge in [-0.05, 0) is 67.0 Å². The average molecular weight is 490 g/mol. The van der Waals surface area contributed by atoms with Crippen molar-refractivity contribution >= 4 is 33.9 Å². The number of pyridine rings is 1. The van der Waals surface area contributed by atoms with Gasteiger partial charge in [-0.1, -0.05) is 25.5 Å². The fourth-order valence-electron chi connectivity index (χ4n) is 4.09. The van der Waals surface area contributed by atoms with Crippen LogP contribution in [0, 0.1) is 0 Å². The number of thiocarbonyl (C=S) groups is 1. The van der Waals surface area contributed by atoms with Crippen molar-refractivity contribution < 1.29 is 13.9 Å². The standard InChI is InChI=1S/C27H27N3O4S/c1-2-3-5-18-7-9-21(10-8-18)28-27(35)30(16-22-6-4-11-32-22)15-20-12-19-13-24-25(34-17-33-24)14-23(19)29-26(20)31/h4,6-14H,2-3,5,15-17H2,1H3,(H,28,35)(H,29,31). The van der Waals surface area contributed by atoms with Gasteiger partial charge in [-0.15, -0.1) is 0 Å². The molecule has 0 atom stereocenters. The molecule has 0 spiro atoms. The van der Waals surface area contributed by atoms with Crippen LogP contribution in [0.4, 0.5) is 5.69 Å². The molecule has 0 saturated carbocycles. The second-order valence-electron chi connectivity index (χ2n) is 8.58. The number of anilines is 1. The van der Waals surface area contributed by atoms with Crippen molar-refractivity contribution in [2.24, 2.45) is 0 Å². The fraction of sp³-hybridized carbons (Fsp3) is 0.259. The minimum absolute atomic E-state index is 0.177. The molecule has 0 fully saturated rings. The van der Waals surface area contributed by atoms with E-state index in [2.05, 4.69) is 29.4 Å². The molecule has 4 aromatic rings. The molecule has 180 valence electrons. The highest BCUT2D eigenvalue weighted by Gasteiger charge is 2.18. The molecule has 0 unspecified atom stereocenters. The maximum atomic E-state index is 12.9. The summed E-state index contributed by atoms with van der Waals surface area (Å²) in [4.78, 5) is 17.8. The van der Waals surface area contributed by atoms with E-state index in [4.69, 9.17) is 26.1 Å². The number of fused-ring (bicyclic) bond motifs is 2. The van der Waals surface area contributed by atoms with Crippen LogP contribution in [0.3, 0.4) is 0 Å². The van der Waals surface area contributed by atoms with Crippen molar-refractivity contribution in [1.82, 2.24) is 9.88 Å². The number of hydrogen-bond donors (Lipinski definition) is 2. The third-order valence-electron chi connectivity index (χ3n) is 6.01. The van der Waals surface area contributed by atoms with Crippen molar-refractivity contribution in [3.05, 3.63) is 88.1 Å². The van der Waals surface area contributed by atoms with E-state index in [1.807, 2.05) is 41.3 Å². The maximum absolute atomic E-state index is 12.9. The van der Waals surface area contributed by atoms with E-state index >= 15 is 0 Å². The lowest BCUT2D eigenvalue weighted by molar-refractivity contribution is 0.174. The summed E-state index contributed by atoms with van der Waals surface area (Å²) in [6, 6.07) is 17.6. The second-order valence-corrected chi connectivity index (χ2v) is 8.97. The van der Waals surface area contributed by atoms with Crippen LogP contribution in [0.1, 0.15) is 36.7 Å². The zero-order chi connectivity index (χ0) is 24.2. The van der Waals surface area contributed by atoms with Crippen molar-refractivity contribution in [3.63, 3.8) is 0 Å². The van der Waals surface area contributed by atoms with Crippen LogP contribution >= 0.6 is 12.2 Å². The molecule has 0 saturated heterocycles. The normalized spacial score (nSPS) is 12.1. The molecule has 0 radical (unpaired) electrons. The Balaban J connectivity index is 1.38. The summed E-state index contributed by atoms with van der Waals surface area (Å²) in [6.07, 6.45) is 5.04. The highest BCUT2D eigenvalue weighted by atomic mass is 32.1. The Morgan fingerprint density at radius 2 is 1.89 bits per heavy atom. The van der Waals surface area contributed by atoms with Gasteiger partial charge >= 0.3 is 0 Å². The maximum Gasteiger partial charge on any atom is 0.253 e. The summed E-state index contributed by atoms with van der Waals surface area (Å²) in [6.45, 7) is 3.10.